The molecule has 0 aromatic rings. The van der Waals surface area contributed by atoms with Gasteiger partial charge in [-0.3, -0.25) is 24.5 Å². The van der Waals surface area contributed by atoms with Crippen LogP contribution in [0.2, 0.25) is 0 Å². The van der Waals surface area contributed by atoms with Gasteiger partial charge in [-0.15, -0.1) is 0 Å². The molecule has 0 radical (unpaired) electrons. The van der Waals surface area contributed by atoms with Gasteiger partial charge in [0.2, 0.25) is 0 Å². The first-order valence-electron chi connectivity index (χ1n) is 25.1. The maximum absolute atomic E-state index is 5.66. The summed E-state index contributed by atoms with van der Waals surface area (Å²) in [6.07, 6.45) is 17.5. The number of nitrogens with one attached hydrogen (secondary N) is 1. The van der Waals surface area contributed by atoms with Gasteiger partial charge >= 0.3 is 0 Å². The summed E-state index contributed by atoms with van der Waals surface area (Å²) in [6, 6.07) is 4.56. The highest BCUT2D eigenvalue weighted by Gasteiger charge is 2.44. The summed E-state index contributed by atoms with van der Waals surface area (Å²) in [5.74, 6) is 3.12. The van der Waals surface area contributed by atoms with Gasteiger partial charge in [-0.2, -0.15) is 0 Å². The van der Waals surface area contributed by atoms with Crippen molar-refractivity contribution in [3.8, 4) is 0 Å². The van der Waals surface area contributed by atoms with E-state index < -0.39 is 0 Å². The van der Waals surface area contributed by atoms with Crippen LogP contribution >= 0.6 is 0 Å². The molecule has 10 bridgehead atoms. The molecule has 0 aromatic carbocycles. The van der Waals surface area contributed by atoms with E-state index in [4.69, 9.17) is 9.47 Å². The number of piperidine rings is 5. The third-order valence-corrected chi connectivity index (χ3v) is 16.0. The van der Waals surface area contributed by atoms with Crippen molar-refractivity contribution in [3.05, 3.63) is 0 Å². The Morgan fingerprint density at radius 3 is 1.15 bits per heavy atom. The van der Waals surface area contributed by atoms with Crippen molar-refractivity contribution in [1.29, 1.82) is 0 Å². The molecule has 0 amide bonds. The van der Waals surface area contributed by atoms with Crippen LogP contribution in [0.25, 0.3) is 0 Å². The fourth-order valence-corrected chi connectivity index (χ4v) is 12.7. The third-order valence-electron chi connectivity index (χ3n) is 16.0. The number of fused-ring (bicyclic) bond motifs is 12. The molecule has 13 rings (SSSR count). The summed E-state index contributed by atoms with van der Waals surface area (Å²) >= 11 is 0. The second-order valence-electron chi connectivity index (χ2n) is 26.0. The maximum Gasteiger partial charge on any atom is 0.0703 e. The smallest absolute Gasteiger partial charge is 0.0703 e. The Balaban J connectivity index is 0.000000124. The van der Waals surface area contributed by atoms with E-state index in [0.29, 0.717) is 51.9 Å². The van der Waals surface area contributed by atoms with Crippen LogP contribution in [0, 0.1) is 17.8 Å². The number of ether oxygens (including phenoxy) is 2. The van der Waals surface area contributed by atoms with Crippen molar-refractivity contribution in [2.24, 2.45) is 17.8 Å². The zero-order chi connectivity index (χ0) is 43.1. The molecule has 13 aliphatic rings. The van der Waals surface area contributed by atoms with Crippen molar-refractivity contribution in [2.45, 2.75) is 251 Å². The standard InChI is InChI=1S/C11H21N.C10H20N2.2C10H19NO.C10H19N/c1-11(2,3)12-8-9-4-6-10(12)7-5-9;1-10(2,3)12-6-8-4-5-9(7-12)11-8;1-10(2,3)11-6-9-5-4-8(11)7-12-9;1-10(2,3)11-8-4-5-9(11)7-12-6-8;1-10(2,3)11-6-8-4-9(5-8)7-11/h9-10H,4-8H2,1-3H3;8-9,11H,4-7H2,1-3H3;2*8-9H,4-7H2,1-3H3;8-9H,4-7H2,1-3H3. The molecule has 11 heterocycles. The minimum atomic E-state index is 0.327. The molecule has 11 aliphatic heterocycles. The molecule has 11 saturated heterocycles. The highest BCUT2D eigenvalue weighted by Crippen LogP contribution is 2.42. The van der Waals surface area contributed by atoms with E-state index in [2.05, 4.69) is 134 Å². The molecule has 6 unspecified atom stereocenters. The van der Waals surface area contributed by atoms with Gasteiger partial charge in [0, 0.05) is 103 Å². The monoisotopic (exact) mass is 827 g/mol. The van der Waals surface area contributed by atoms with Gasteiger partial charge in [0.05, 0.1) is 25.9 Å². The highest BCUT2D eigenvalue weighted by atomic mass is 16.5. The quantitative estimate of drug-likeness (QED) is 0.260. The minimum absolute atomic E-state index is 0.327. The molecule has 6 atom stereocenters. The molecule has 0 spiro atoms. The Bertz CT molecular complexity index is 1200. The molecule has 8 nitrogen and oxygen atoms in total. The van der Waals surface area contributed by atoms with E-state index in [9.17, 15) is 0 Å². The zero-order valence-corrected chi connectivity index (χ0v) is 41.7. The molecule has 8 heteroatoms. The molecule has 2 saturated carbocycles. The van der Waals surface area contributed by atoms with Crippen LogP contribution in [-0.4, -0.2) is 154 Å². The van der Waals surface area contributed by atoms with Crippen LogP contribution in [0.15, 0.2) is 0 Å². The van der Waals surface area contributed by atoms with Gasteiger partial charge in [0.25, 0.3) is 0 Å². The minimum Gasteiger partial charge on any atom is -0.378 e. The fourth-order valence-electron chi connectivity index (χ4n) is 12.7. The van der Waals surface area contributed by atoms with Crippen molar-refractivity contribution >= 4 is 0 Å². The lowest BCUT2D eigenvalue weighted by Gasteiger charge is -2.52. The molecule has 2 aliphatic carbocycles. The lowest BCUT2D eigenvalue weighted by atomic mass is 9.70. The van der Waals surface area contributed by atoms with Crippen LogP contribution in [0.1, 0.15) is 181 Å². The summed E-state index contributed by atoms with van der Waals surface area (Å²) < 4.78 is 11.2. The highest BCUT2D eigenvalue weighted by molar-refractivity contribution is 4.99. The number of nitrogens with zero attached hydrogens (tertiary/aromatic N) is 5. The summed E-state index contributed by atoms with van der Waals surface area (Å²) in [5.41, 5.74) is 1.84. The predicted octanol–water partition coefficient (Wildman–Crippen LogP) is 9.30. The van der Waals surface area contributed by atoms with Crippen molar-refractivity contribution < 1.29 is 9.47 Å². The zero-order valence-electron chi connectivity index (χ0n) is 41.7. The predicted molar refractivity (Wildman–Crippen MR) is 249 cm³/mol. The lowest BCUT2D eigenvalue weighted by molar-refractivity contribution is -0.133. The Morgan fingerprint density at radius 1 is 0.390 bits per heavy atom. The normalized spacial score (nSPS) is 37.5. The van der Waals surface area contributed by atoms with Gasteiger partial charge in [0.15, 0.2) is 0 Å². The van der Waals surface area contributed by atoms with Crippen molar-refractivity contribution in [3.63, 3.8) is 0 Å². The number of hydrogen-bond acceptors (Lipinski definition) is 8. The maximum atomic E-state index is 5.66. The number of likely N-dealkylation sites (tertiary alicyclic amines) is 1. The topological polar surface area (TPSA) is 46.7 Å². The molecule has 0 aromatic heterocycles. The van der Waals surface area contributed by atoms with Crippen LogP contribution in [-0.2, 0) is 9.47 Å². The molecule has 59 heavy (non-hydrogen) atoms. The van der Waals surface area contributed by atoms with Gasteiger partial charge in [-0.1, -0.05) is 0 Å². The number of morpholine rings is 2. The van der Waals surface area contributed by atoms with E-state index in [1.165, 1.54) is 110 Å². The van der Waals surface area contributed by atoms with Gasteiger partial charge in [-0.25, -0.2) is 0 Å². The molecular weight excluding hydrogens is 729 g/mol. The Labute approximate surface area is 366 Å². The van der Waals surface area contributed by atoms with Crippen LogP contribution in [0.3, 0.4) is 0 Å². The van der Waals surface area contributed by atoms with E-state index in [-0.39, 0.29) is 0 Å². The Hall–Kier alpha value is -0.320. The number of rotatable bonds is 0. The third kappa shape index (κ3) is 12.9. The van der Waals surface area contributed by atoms with Crippen molar-refractivity contribution in [1.82, 2.24) is 29.8 Å². The first kappa shape index (κ1) is 48.1. The fraction of sp³-hybridized carbons (Fsp3) is 1.00. The SMILES string of the molecule is CC(C)(C)N1C2CCC1COC2.CC(C)(C)N1CC2CC(C2)C1.CC(C)(C)N1CC2CCC(C1)N2.CC(C)(C)N1CC2CCC1CC2.CC(C)(C)N1CC2CCC1CO2. The molecule has 344 valence electrons. The summed E-state index contributed by atoms with van der Waals surface area (Å²) in [4.78, 5) is 13.2. The van der Waals surface area contributed by atoms with Gasteiger partial charge in [-0.05, 0) is 199 Å². The Morgan fingerprint density at radius 2 is 0.847 bits per heavy atom. The first-order chi connectivity index (χ1) is 27.3. The van der Waals surface area contributed by atoms with Crippen LogP contribution in [0.4, 0.5) is 0 Å². The second-order valence-corrected chi connectivity index (χ2v) is 26.0. The number of hydrogen-bond donors (Lipinski definition) is 1. The average Bonchev–Trinajstić information content (AvgIpc) is 3.64. The van der Waals surface area contributed by atoms with Crippen molar-refractivity contribution in [2.75, 3.05) is 59.1 Å². The van der Waals surface area contributed by atoms with E-state index in [0.717, 1.165) is 62.2 Å². The first-order valence-corrected chi connectivity index (χ1v) is 25.1. The summed E-state index contributed by atoms with van der Waals surface area (Å²) in [7, 11) is 0. The molecule has 1 N–H and O–H groups in total. The van der Waals surface area contributed by atoms with Crippen LogP contribution < -0.4 is 5.32 Å². The van der Waals surface area contributed by atoms with E-state index in [1.54, 1.807) is 0 Å². The van der Waals surface area contributed by atoms with E-state index >= 15 is 0 Å². The van der Waals surface area contributed by atoms with Crippen LogP contribution in [0.5, 0.6) is 0 Å². The molecular formula is C51H98N6O2. The second kappa shape index (κ2) is 19.0. The molecule has 13 fully saturated rings. The number of piperazine rings is 1. The van der Waals surface area contributed by atoms with Gasteiger partial charge in [0.1, 0.15) is 0 Å². The largest absolute Gasteiger partial charge is 0.378 e. The summed E-state index contributed by atoms with van der Waals surface area (Å²) in [6.45, 7) is 45.4. The van der Waals surface area contributed by atoms with Gasteiger partial charge < -0.3 is 14.8 Å². The van der Waals surface area contributed by atoms with E-state index in [1.807, 2.05) is 0 Å². The average molecular weight is 827 g/mol. The summed E-state index contributed by atoms with van der Waals surface area (Å²) in [5, 5.41) is 3.65. The Kier molecular flexibility index (Phi) is 15.5. The lowest BCUT2D eigenvalue weighted by Crippen LogP contribution is -2.60.